The maximum absolute atomic E-state index is 12.4. The average molecular weight is 300 g/mol. The normalized spacial score (nSPS) is 15.7. The van der Waals surface area contributed by atoms with Gasteiger partial charge in [-0.25, -0.2) is 9.59 Å². The third kappa shape index (κ3) is 1.59. The van der Waals surface area contributed by atoms with E-state index in [2.05, 4.69) is 0 Å². The minimum absolute atomic E-state index is 0.0550. The lowest BCUT2D eigenvalue weighted by molar-refractivity contribution is -0.386. The van der Waals surface area contributed by atoms with Crippen molar-refractivity contribution in [1.82, 2.24) is 4.65 Å². The fraction of sp³-hybridized carbons (Fsp3) is 0. The van der Waals surface area contributed by atoms with Crippen molar-refractivity contribution in [2.75, 3.05) is 0 Å². The van der Waals surface area contributed by atoms with Crippen LogP contribution in [0, 0.1) is 10.1 Å². The smallest absolute Gasteiger partial charge is 0.282 e. The van der Waals surface area contributed by atoms with Crippen molar-refractivity contribution in [2.45, 2.75) is 0 Å². The third-order valence-electron chi connectivity index (χ3n) is 3.48. The van der Waals surface area contributed by atoms with E-state index in [0.29, 0.717) is 0 Å². The van der Waals surface area contributed by atoms with E-state index in [4.69, 9.17) is 0 Å². The van der Waals surface area contributed by atoms with Crippen LogP contribution in [-0.4, -0.2) is 21.9 Å². The summed E-state index contributed by atoms with van der Waals surface area (Å²) in [5, 5.41) is 33.3. The van der Waals surface area contributed by atoms with Gasteiger partial charge in [0.05, 0.1) is 4.92 Å². The number of para-hydroxylation sites is 1. The van der Waals surface area contributed by atoms with Gasteiger partial charge in [-0.2, -0.15) is 5.21 Å². The van der Waals surface area contributed by atoms with Crippen LogP contribution in [0.4, 0.5) is 11.4 Å². The summed E-state index contributed by atoms with van der Waals surface area (Å²) in [5.74, 6) is -3.06. The number of hydrogen-bond acceptors (Lipinski definition) is 5. The molecule has 0 unspecified atom stereocenters. The summed E-state index contributed by atoms with van der Waals surface area (Å²) in [7, 11) is 0. The highest BCUT2D eigenvalue weighted by molar-refractivity contribution is 6.29. The SMILES string of the molecule is [O]c1cccc([N+]2(O)C(=O)c3ccccc3C2=O)c1[N+](=O)[O-]. The van der Waals surface area contributed by atoms with Gasteiger partial charge in [-0.05, 0) is 22.8 Å². The van der Waals surface area contributed by atoms with Crippen molar-refractivity contribution < 1.29 is 24.8 Å². The number of carbonyl (C=O) groups is 2. The molecule has 3 rings (SSSR count). The van der Waals surface area contributed by atoms with Crippen molar-refractivity contribution in [3.63, 3.8) is 0 Å². The molecule has 109 valence electrons. The summed E-state index contributed by atoms with van der Waals surface area (Å²) in [6.45, 7) is 0. The number of quaternary nitrogens is 1. The van der Waals surface area contributed by atoms with Gasteiger partial charge >= 0.3 is 17.5 Å². The Hall–Kier alpha value is -3.10. The van der Waals surface area contributed by atoms with E-state index in [-0.39, 0.29) is 11.1 Å². The summed E-state index contributed by atoms with van der Waals surface area (Å²) in [4.78, 5) is 34.9. The quantitative estimate of drug-likeness (QED) is 0.300. The number of fused-ring (bicyclic) bond motifs is 1. The van der Waals surface area contributed by atoms with Crippen molar-refractivity contribution in [1.29, 1.82) is 0 Å². The number of hydrogen-bond donors (Lipinski definition) is 1. The van der Waals surface area contributed by atoms with Crippen LogP contribution < -0.4 is 4.65 Å². The number of benzene rings is 2. The van der Waals surface area contributed by atoms with Crippen molar-refractivity contribution >= 4 is 23.2 Å². The molecule has 8 heteroatoms. The van der Waals surface area contributed by atoms with E-state index in [0.717, 1.165) is 18.2 Å². The molecule has 22 heavy (non-hydrogen) atoms. The second kappa shape index (κ2) is 4.45. The first-order valence-electron chi connectivity index (χ1n) is 6.14. The molecule has 1 radical (unpaired) electrons. The van der Waals surface area contributed by atoms with Gasteiger partial charge in [0, 0.05) is 6.07 Å². The molecule has 0 aromatic heterocycles. The largest absolute Gasteiger partial charge is 0.392 e. The molecule has 0 fully saturated rings. The molecule has 1 heterocycles. The van der Waals surface area contributed by atoms with Crippen LogP contribution in [0.5, 0.6) is 5.75 Å². The van der Waals surface area contributed by atoms with Crippen LogP contribution in [0.2, 0.25) is 0 Å². The summed E-state index contributed by atoms with van der Waals surface area (Å²) in [6.07, 6.45) is 0. The molecule has 1 aliphatic heterocycles. The van der Waals surface area contributed by atoms with Crippen LogP contribution in [0.15, 0.2) is 42.5 Å². The molecular weight excluding hydrogens is 292 g/mol. The monoisotopic (exact) mass is 300 g/mol. The van der Waals surface area contributed by atoms with Gasteiger partial charge in [0.25, 0.3) is 11.4 Å². The van der Waals surface area contributed by atoms with E-state index < -0.39 is 38.5 Å². The molecule has 0 saturated carbocycles. The van der Waals surface area contributed by atoms with Gasteiger partial charge in [0.2, 0.25) is 0 Å². The van der Waals surface area contributed by atoms with Gasteiger partial charge in [-0.15, -0.1) is 0 Å². The minimum Gasteiger partial charge on any atom is -0.282 e. The molecule has 0 spiro atoms. The summed E-state index contributed by atoms with van der Waals surface area (Å²) in [6, 6.07) is 8.74. The van der Waals surface area contributed by atoms with Gasteiger partial charge < -0.3 is 0 Å². The van der Waals surface area contributed by atoms with Crippen LogP contribution in [0.3, 0.4) is 0 Å². The fourth-order valence-corrected chi connectivity index (χ4v) is 2.47. The standard InChI is InChI=1S/C14H8N2O6/c17-11-7-3-6-10(12(11)15(20)21)16(22)13(18)8-4-1-2-5-9(8)14(16)19/h1-7,22H/q+1. The molecule has 1 N–H and O–H groups in total. The second-order valence-electron chi connectivity index (χ2n) is 4.67. The first kappa shape index (κ1) is 13.9. The predicted octanol–water partition coefficient (Wildman–Crippen LogP) is 2.43. The van der Waals surface area contributed by atoms with E-state index in [9.17, 15) is 30.0 Å². The van der Waals surface area contributed by atoms with Gasteiger partial charge in [-0.1, -0.05) is 18.2 Å². The molecular formula is C14H8N2O6+. The van der Waals surface area contributed by atoms with E-state index in [1.807, 2.05) is 0 Å². The Balaban J connectivity index is 2.31. The maximum Gasteiger partial charge on any atom is 0.392 e. The maximum atomic E-state index is 12.4. The number of nitro benzene ring substituents is 1. The summed E-state index contributed by atoms with van der Waals surface area (Å²) >= 11 is 0. The molecule has 2 aromatic carbocycles. The average Bonchev–Trinajstić information content (AvgIpc) is 2.70. The van der Waals surface area contributed by atoms with E-state index in [1.54, 1.807) is 0 Å². The van der Waals surface area contributed by atoms with Crippen LogP contribution in [0.25, 0.3) is 0 Å². The van der Waals surface area contributed by atoms with Crippen molar-refractivity contribution in [3.8, 4) is 5.75 Å². The van der Waals surface area contributed by atoms with Crippen molar-refractivity contribution in [2.24, 2.45) is 0 Å². The Morgan fingerprint density at radius 1 is 0.955 bits per heavy atom. The Kier molecular flexibility index (Phi) is 2.80. The van der Waals surface area contributed by atoms with Crippen LogP contribution >= 0.6 is 0 Å². The summed E-state index contributed by atoms with van der Waals surface area (Å²) in [5.41, 5.74) is -1.77. The minimum atomic E-state index is -1.94. The number of carbonyl (C=O) groups excluding carboxylic acids is 2. The van der Waals surface area contributed by atoms with E-state index >= 15 is 0 Å². The molecule has 0 atom stereocenters. The zero-order valence-electron chi connectivity index (χ0n) is 10.9. The zero-order valence-corrected chi connectivity index (χ0v) is 10.9. The highest BCUT2D eigenvalue weighted by Gasteiger charge is 2.59. The van der Waals surface area contributed by atoms with Gasteiger partial charge in [-0.3, -0.25) is 15.2 Å². The molecule has 0 saturated heterocycles. The predicted molar refractivity (Wildman–Crippen MR) is 71.9 cm³/mol. The Morgan fingerprint density at radius 2 is 1.50 bits per heavy atom. The van der Waals surface area contributed by atoms with Crippen molar-refractivity contribution in [3.05, 3.63) is 63.7 Å². The Morgan fingerprint density at radius 3 is 2.00 bits per heavy atom. The second-order valence-corrected chi connectivity index (χ2v) is 4.67. The van der Waals surface area contributed by atoms with Gasteiger partial charge in [0.1, 0.15) is 11.1 Å². The summed E-state index contributed by atoms with van der Waals surface area (Å²) < 4.78 is -1.94. The Labute approximate surface area is 123 Å². The van der Waals surface area contributed by atoms with E-state index in [1.165, 1.54) is 24.3 Å². The topological polar surface area (TPSA) is 117 Å². The highest BCUT2D eigenvalue weighted by Crippen LogP contribution is 2.43. The number of nitro groups is 1. The Bertz CT molecular complexity index is 810. The molecule has 0 aliphatic carbocycles. The van der Waals surface area contributed by atoms with Crippen LogP contribution in [0.1, 0.15) is 20.7 Å². The number of rotatable bonds is 2. The number of amides is 2. The fourth-order valence-electron chi connectivity index (χ4n) is 2.47. The first-order chi connectivity index (χ1) is 10.4. The first-order valence-corrected chi connectivity index (χ1v) is 6.14. The lowest BCUT2D eigenvalue weighted by atomic mass is 10.1. The number of hydroxylamine groups is 2. The lowest BCUT2D eigenvalue weighted by Gasteiger charge is -2.18. The van der Waals surface area contributed by atoms with Crippen LogP contribution in [-0.2, 0) is 5.11 Å². The highest BCUT2D eigenvalue weighted by atomic mass is 16.6. The third-order valence-corrected chi connectivity index (χ3v) is 3.48. The van der Waals surface area contributed by atoms with Gasteiger partial charge in [0.15, 0.2) is 0 Å². The molecule has 2 amide bonds. The molecule has 1 aliphatic rings. The molecule has 2 aromatic rings. The molecule has 0 bridgehead atoms. The zero-order chi connectivity index (χ0) is 16.1. The molecule has 8 nitrogen and oxygen atoms in total. The lowest BCUT2D eigenvalue weighted by Crippen LogP contribution is -2.51. The number of nitrogens with zero attached hydrogens (tertiary/aromatic N) is 2. The number of imide groups is 1.